The second kappa shape index (κ2) is 6.60. The molecule has 1 aliphatic rings. The number of pyridine rings is 1. The standard InChI is InChI=1S/C18H19N3O2/c19-17(22)13-6-8-14(9-7-13)18(23)21-11-3-4-15(12-21)16-5-1-2-10-20-16/h1-2,5-10,15H,3-4,11-12H2,(H2,19,22)/t15-/m0/s1. The fraction of sp³-hybridized carbons (Fsp3) is 0.278. The van der Waals surface area contributed by atoms with Crippen LogP contribution in [0.2, 0.25) is 0 Å². The van der Waals surface area contributed by atoms with E-state index in [0.29, 0.717) is 17.7 Å². The summed E-state index contributed by atoms with van der Waals surface area (Å²) in [6.45, 7) is 1.42. The van der Waals surface area contributed by atoms with E-state index in [-0.39, 0.29) is 11.8 Å². The van der Waals surface area contributed by atoms with Crippen molar-refractivity contribution < 1.29 is 9.59 Å². The number of primary amides is 1. The molecule has 0 radical (unpaired) electrons. The van der Waals surface area contributed by atoms with Crippen molar-refractivity contribution in [2.45, 2.75) is 18.8 Å². The van der Waals surface area contributed by atoms with Gasteiger partial charge in [-0.15, -0.1) is 0 Å². The zero-order valence-electron chi connectivity index (χ0n) is 12.8. The maximum absolute atomic E-state index is 12.6. The molecule has 1 aliphatic heterocycles. The molecule has 0 unspecified atom stereocenters. The van der Waals surface area contributed by atoms with E-state index in [2.05, 4.69) is 4.98 Å². The van der Waals surface area contributed by atoms with Crippen molar-refractivity contribution in [2.24, 2.45) is 5.73 Å². The van der Waals surface area contributed by atoms with E-state index in [1.807, 2.05) is 23.1 Å². The lowest BCUT2D eigenvalue weighted by molar-refractivity contribution is 0.0705. The van der Waals surface area contributed by atoms with E-state index >= 15 is 0 Å². The third-order valence-electron chi connectivity index (χ3n) is 4.23. The molecule has 0 bridgehead atoms. The summed E-state index contributed by atoms with van der Waals surface area (Å²) in [6, 6.07) is 12.4. The fourth-order valence-electron chi connectivity index (χ4n) is 2.98. The fourth-order valence-corrected chi connectivity index (χ4v) is 2.98. The minimum atomic E-state index is -0.489. The van der Waals surface area contributed by atoms with Gasteiger partial charge in [0.25, 0.3) is 5.91 Å². The van der Waals surface area contributed by atoms with E-state index in [0.717, 1.165) is 25.1 Å². The highest BCUT2D eigenvalue weighted by Gasteiger charge is 2.26. The second-order valence-corrected chi connectivity index (χ2v) is 5.79. The first-order valence-electron chi connectivity index (χ1n) is 7.75. The summed E-state index contributed by atoms with van der Waals surface area (Å²) in [6.07, 6.45) is 3.80. The molecule has 1 atom stereocenters. The van der Waals surface area contributed by atoms with Crippen molar-refractivity contribution in [1.82, 2.24) is 9.88 Å². The van der Waals surface area contributed by atoms with E-state index in [1.54, 1.807) is 30.5 Å². The Morgan fingerprint density at radius 2 is 1.83 bits per heavy atom. The van der Waals surface area contributed by atoms with Gasteiger partial charge in [0.1, 0.15) is 0 Å². The van der Waals surface area contributed by atoms with Gasteiger partial charge in [0.05, 0.1) is 0 Å². The number of carbonyl (C=O) groups is 2. The molecule has 0 saturated carbocycles. The van der Waals surface area contributed by atoms with Crippen molar-refractivity contribution in [3.8, 4) is 0 Å². The van der Waals surface area contributed by atoms with Gasteiger partial charge in [0, 0.05) is 42.0 Å². The third-order valence-corrected chi connectivity index (χ3v) is 4.23. The number of benzene rings is 1. The number of carbonyl (C=O) groups excluding carboxylic acids is 2. The Morgan fingerprint density at radius 3 is 2.48 bits per heavy atom. The molecule has 1 saturated heterocycles. The van der Waals surface area contributed by atoms with Gasteiger partial charge < -0.3 is 10.6 Å². The molecule has 3 rings (SSSR count). The number of rotatable bonds is 3. The summed E-state index contributed by atoms with van der Waals surface area (Å²) in [5.41, 5.74) is 7.25. The lowest BCUT2D eigenvalue weighted by Crippen LogP contribution is -2.39. The van der Waals surface area contributed by atoms with Crippen LogP contribution in [0.25, 0.3) is 0 Å². The van der Waals surface area contributed by atoms with Crippen LogP contribution in [0.5, 0.6) is 0 Å². The Balaban J connectivity index is 1.73. The first kappa shape index (κ1) is 15.2. The highest BCUT2D eigenvalue weighted by atomic mass is 16.2. The number of amides is 2. The van der Waals surface area contributed by atoms with Crippen LogP contribution in [0.1, 0.15) is 45.2 Å². The Kier molecular flexibility index (Phi) is 4.37. The van der Waals surface area contributed by atoms with Gasteiger partial charge in [0.2, 0.25) is 5.91 Å². The molecule has 2 amide bonds. The molecule has 118 valence electrons. The van der Waals surface area contributed by atoms with Crippen molar-refractivity contribution in [2.75, 3.05) is 13.1 Å². The van der Waals surface area contributed by atoms with Crippen LogP contribution in [0.3, 0.4) is 0 Å². The molecule has 2 N–H and O–H groups in total. The Bertz CT molecular complexity index is 698. The molecule has 23 heavy (non-hydrogen) atoms. The van der Waals surface area contributed by atoms with Gasteiger partial charge in [-0.3, -0.25) is 14.6 Å². The second-order valence-electron chi connectivity index (χ2n) is 5.79. The number of aromatic nitrogens is 1. The molecule has 1 fully saturated rings. The number of nitrogens with two attached hydrogens (primary N) is 1. The zero-order valence-corrected chi connectivity index (χ0v) is 12.8. The molecule has 2 heterocycles. The Labute approximate surface area is 135 Å². The van der Waals surface area contributed by atoms with Crippen molar-refractivity contribution in [1.29, 1.82) is 0 Å². The first-order valence-corrected chi connectivity index (χ1v) is 7.75. The molecule has 5 heteroatoms. The van der Waals surface area contributed by atoms with Crippen LogP contribution in [-0.4, -0.2) is 34.8 Å². The van der Waals surface area contributed by atoms with E-state index < -0.39 is 5.91 Å². The monoisotopic (exact) mass is 309 g/mol. The number of hydrogen-bond acceptors (Lipinski definition) is 3. The molecule has 0 aliphatic carbocycles. The lowest BCUT2D eigenvalue weighted by Gasteiger charge is -2.32. The smallest absolute Gasteiger partial charge is 0.253 e. The van der Waals surface area contributed by atoms with Crippen LogP contribution < -0.4 is 5.73 Å². The maximum Gasteiger partial charge on any atom is 0.253 e. The highest BCUT2D eigenvalue weighted by Crippen LogP contribution is 2.26. The average molecular weight is 309 g/mol. The highest BCUT2D eigenvalue weighted by molar-refractivity contribution is 5.97. The number of likely N-dealkylation sites (tertiary alicyclic amines) is 1. The predicted molar refractivity (Wildman–Crippen MR) is 87.1 cm³/mol. The van der Waals surface area contributed by atoms with E-state index in [9.17, 15) is 9.59 Å². The third kappa shape index (κ3) is 3.39. The van der Waals surface area contributed by atoms with Gasteiger partial charge in [-0.25, -0.2) is 0 Å². The minimum absolute atomic E-state index is 0.0124. The van der Waals surface area contributed by atoms with Gasteiger partial charge >= 0.3 is 0 Å². The summed E-state index contributed by atoms with van der Waals surface area (Å²) < 4.78 is 0. The lowest BCUT2D eigenvalue weighted by atomic mass is 9.94. The van der Waals surface area contributed by atoms with Crippen LogP contribution in [0.15, 0.2) is 48.7 Å². The normalized spacial score (nSPS) is 17.7. The van der Waals surface area contributed by atoms with Crippen LogP contribution >= 0.6 is 0 Å². The molecular formula is C18H19N3O2. The number of hydrogen-bond donors (Lipinski definition) is 1. The van der Waals surface area contributed by atoms with Gasteiger partial charge in [0.15, 0.2) is 0 Å². The van der Waals surface area contributed by atoms with Crippen LogP contribution in [-0.2, 0) is 0 Å². The van der Waals surface area contributed by atoms with E-state index in [1.165, 1.54) is 0 Å². The zero-order chi connectivity index (χ0) is 16.2. The summed E-state index contributed by atoms with van der Waals surface area (Å²) in [4.78, 5) is 30.0. The quantitative estimate of drug-likeness (QED) is 0.944. The summed E-state index contributed by atoms with van der Waals surface area (Å²) in [5.74, 6) is -0.224. The minimum Gasteiger partial charge on any atom is -0.366 e. The van der Waals surface area contributed by atoms with Crippen LogP contribution in [0.4, 0.5) is 0 Å². The summed E-state index contributed by atoms with van der Waals surface area (Å²) in [7, 11) is 0. The van der Waals surface area contributed by atoms with Crippen LogP contribution in [0, 0.1) is 0 Å². The largest absolute Gasteiger partial charge is 0.366 e. The first-order chi connectivity index (χ1) is 11.1. The summed E-state index contributed by atoms with van der Waals surface area (Å²) in [5, 5.41) is 0. The van der Waals surface area contributed by atoms with E-state index in [4.69, 9.17) is 5.73 Å². The van der Waals surface area contributed by atoms with Crippen molar-refractivity contribution in [3.05, 3.63) is 65.5 Å². The number of nitrogens with zero attached hydrogens (tertiary/aromatic N) is 2. The van der Waals surface area contributed by atoms with Gasteiger partial charge in [-0.1, -0.05) is 6.07 Å². The Morgan fingerprint density at radius 1 is 1.09 bits per heavy atom. The summed E-state index contributed by atoms with van der Waals surface area (Å²) >= 11 is 0. The molecule has 5 nitrogen and oxygen atoms in total. The maximum atomic E-state index is 12.6. The molecule has 0 spiro atoms. The van der Waals surface area contributed by atoms with Crippen molar-refractivity contribution in [3.63, 3.8) is 0 Å². The van der Waals surface area contributed by atoms with Gasteiger partial charge in [-0.05, 0) is 49.2 Å². The number of piperidine rings is 1. The predicted octanol–water partition coefficient (Wildman–Crippen LogP) is 2.20. The SMILES string of the molecule is NC(=O)c1ccc(C(=O)N2CCC[C@H](c3ccccn3)C2)cc1. The van der Waals surface area contributed by atoms with Crippen molar-refractivity contribution >= 4 is 11.8 Å². The topological polar surface area (TPSA) is 76.3 Å². The molecular weight excluding hydrogens is 290 g/mol. The molecule has 2 aromatic rings. The average Bonchev–Trinajstić information content (AvgIpc) is 2.62. The van der Waals surface area contributed by atoms with Gasteiger partial charge in [-0.2, -0.15) is 0 Å². The molecule has 1 aromatic carbocycles. The Hall–Kier alpha value is -2.69. The molecule has 1 aromatic heterocycles.